The Morgan fingerprint density at radius 3 is 1.11 bits per heavy atom. The van der Waals surface area contributed by atoms with Crippen molar-refractivity contribution in [3.05, 3.63) is 12.2 Å². The van der Waals surface area contributed by atoms with Gasteiger partial charge in [-0.2, -0.15) is 0 Å². The van der Waals surface area contributed by atoms with E-state index in [2.05, 4.69) is 38.2 Å². The molecule has 0 saturated carbocycles. The molecule has 3 atom stereocenters. The molecular weight excluding hydrogens is 803 g/mol. The fraction of sp³-hybridized carbons (Fsp3) is 0.932. The first-order valence-electron chi connectivity index (χ1n) is 29.4. The SMILES string of the molecule is CCCCCCCCCCC/C=C/CCCCCC(CC(=O)NC(CO)C(O)CCCCCCCCCCCCCCCCCC)OC(=O)CCCCCCCCCCCCCCCC. The number of nitrogens with one attached hydrogen (secondary N) is 1. The molecule has 0 heterocycles. The summed E-state index contributed by atoms with van der Waals surface area (Å²) in [4.78, 5) is 26.3. The first kappa shape index (κ1) is 63.6. The van der Waals surface area contributed by atoms with Gasteiger partial charge in [0.25, 0.3) is 0 Å². The van der Waals surface area contributed by atoms with Crippen molar-refractivity contribution < 1.29 is 24.5 Å². The number of carbonyl (C=O) groups excluding carboxylic acids is 2. The zero-order valence-electron chi connectivity index (χ0n) is 44.2. The number of rotatable bonds is 54. The molecule has 0 aliphatic carbocycles. The minimum Gasteiger partial charge on any atom is -0.462 e. The highest BCUT2D eigenvalue weighted by Gasteiger charge is 2.24. The summed E-state index contributed by atoms with van der Waals surface area (Å²) in [6.45, 7) is 6.53. The monoisotopic (exact) mass is 918 g/mol. The summed E-state index contributed by atoms with van der Waals surface area (Å²) in [5, 5.41) is 23.9. The van der Waals surface area contributed by atoms with E-state index in [-0.39, 0.29) is 24.9 Å². The molecule has 386 valence electrons. The Hall–Kier alpha value is -1.40. The largest absolute Gasteiger partial charge is 0.462 e. The molecule has 6 nitrogen and oxygen atoms in total. The summed E-state index contributed by atoms with van der Waals surface area (Å²) in [5.41, 5.74) is 0. The van der Waals surface area contributed by atoms with Crippen LogP contribution in [0.15, 0.2) is 12.2 Å². The zero-order valence-corrected chi connectivity index (χ0v) is 44.2. The summed E-state index contributed by atoms with van der Waals surface area (Å²) in [6, 6.07) is -0.701. The molecule has 0 bridgehead atoms. The third-order valence-corrected chi connectivity index (χ3v) is 13.8. The fourth-order valence-electron chi connectivity index (χ4n) is 9.37. The molecule has 6 heteroatoms. The van der Waals surface area contributed by atoms with E-state index in [1.165, 1.54) is 225 Å². The Balaban J connectivity index is 4.52. The molecule has 0 fully saturated rings. The van der Waals surface area contributed by atoms with Gasteiger partial charge < -0.3 is 20.3 Å². The van der Waals surface area contributed by atoms with Gasteiger partial charge in [-0.3, -0.25) is 9.59 Å². The maximum atomic E-state index is 13.3. The van der Waals surface area contributed by atoms with Crippen LogP contribution in [0.4, 0.5) is 0 Å². The van der Waals surface area contributed by atoms with Crippen molar-refractivity contribution in [2.75, 3.05) is 6.61 Å². The number of hydrogen-bond donors (Lipinski definition) is 3. The predicted octanol–water partition coefficient (Wildman–Crippen LogP) is 18.1. The summed E-state index contributed by atoms with van der Waals surface area (Å²) in [5.74, 6) is -0.466. The molecule has 0 aliphatic heterocycles. The van der Waals surface area contributed by atoms with Crippen molar-refractivity contribution in [3.63, 3.8) is 0 Å². The molecule has 0 rings (SSSR count). The van der Waals surface area contributed by atoms with Crippen molar-refractivity contribution in [2.45, 2.75) is 347 Å². The number of unbranched alkanes of at least 4 members (excludes halogenated alkanes) is 40. The van der Waals surface area contributed by atoms with Gasteiger partial charge in [0.15, 0.2) is 0 Å². The van der Waals surface area contributed by atoms with Crippen LogP contribution >= 0.6 is 0 Å². The second-order valence-electron chi connectivity index (χ2n) is 20.4. The van der Waals surface area contributed by atoms with Crippen LogP contribution in [0.2, 0.25) is 0 Å². The number of ether oxygens (including phenoxy) is 1. The quantitative estimate of drug-likeness (QED) is 0.0321. The number of amides is 1. The lowest BCUT2D eigenvalue weighted by Crippen LogP contribution is -2.46. The Morgan fingerprint density at radius 1 is 0.431 bits per heavy atom. The first-order valence-corrected chi connectivity index (χ1v) is 29.4. The lowest BCUT2D eigenvalue weighted by atomic mass is 10.0. The van der Waals surface area contributed by atoms with Crippen molar-refractivity contribution in [3.8, 4) is 0 Å². The molecule has 0 aromatic heterocycles. The number of hydrogen-bond acceptors (Lipinski definition) is 5. The van der Waals surface area contributed by atoms with Crippen LogP contribution in [0.3, 0.4) is 0 Å². The Bertz CT molecular complexity index is 986. The van der Waals surface area contributed by atoms with Gasteiger partial charge in [-0.1, -0.05) is 277 Å². The van der Waals surface area contributed by atoms with Crippen LogP contribution < -0.4 is 5.32 Å². The highest BCUT2D eigenvalue weighted by molar-refractivity contribution is 5.77. The maximum Gasteiger partial charge on any atom is 0.306 e. The van der Waals surface area contributed by atoms with E-state index < -0.39 is 18.2 Å². The van der Waals surface area contributed by atoms with Gasteiger partial charge in [-0.25, -0.2) is 0 Å². The van der Waals surface area contributed by atoms with E-state index in [0.29, 0.717) is 19.3 Å². The molecular formula is C59H115NO5. The minimum absolute atomic E-state index is 0.0748. The van der Waals surface area contributed by atoms with Crippen LogP contribution in [0.5, 0.6) is 0 Å². The Kier molecular flexibility index (Phi) is 52.4. The van der Waals surface area contributed by atoms with Gasteiger partial charge in [-0.15, -0.1) is 0 Å². The third-order valence-electron chi connectivity index (χ3n) is 13.8. The van der Waals surface area contributed by atoms with Crippen LogP contribution in [0, 0.1) is 0 Å². The molecule has 3 N–H and O–H groups in total. The number of aliphatic hydroxyl groups excluding tert-OH is 2. The zero-order chi connectivity index (χ0) is 47.4. The average Bonchev–Trinajstić information content (AvgIpc) is 3.30. The average molecular weight is 919 g/mol. The standard InChI is InChI=1S/C59H115NO5/c1-4-7-10-13-16-19-22-25-28-30-32-35-38-41-44-47-50-55(65-59(64)52-49-46-43-40-37-34-27-24-21-18-15-12-9-6-3)53-58(63)60-56(54-61)57(62)51-48-45-42-39-36-33-31-29-26-23-20-17-14-11-8-5-2/h32,35,55-57,61-62H,4-31,33-34,36-54H2,1-3H3,(H,60,63)/b35-32+. The van der Waals surface area contributed by atoms with Crippen LogP contribution in [0.25, 0.3) is 0 Å². The first-order chi connectivity index (χ1) is 32.0. The number of esters is 1. The van der Waals surface area contributed by atoms with Crippen LogP contribution in [0.1, 0.15) is 329 Å². The van der Waals surface area contributed by atoms with Gasteiger partial charge >= 0.3 is 5.97 Å². The van der Waals surface area contributed by atoms with Crippen LogP contribution in [-0.4, -0.2) is 46.9 Å². The summed E-state index contributed by atoms with van der Waals surface area (Å²) < 4.78 is 5.96. The predicted molar refractivity (Wildman–Crippen MR) is 283 cm³/mol. The topological polar surface area (TPSA) is 95.9 Å². The van der Waals surface area contributed by atoms with Crippen molar-refractivity contribution in [2.24, 2.45) is 0 Å². The highest BCUT2D eigenvalue weighted by Crippen LogP contribution is 2.19. The van der Waals surface area contributed by atoms with Gasteiger partial charge in [0.05, 0.1) is 25.2 Å². The summed E-state index contributed by atoms with van der Waals surface area (Å²) in [7, 11) is 0. The Labute approximate surface area is 406 Å². The van der Waals surface area contributed by atoms with E-state index in [0.717, 1.165) is 57.8 Å². The van der Waals surface area contributed by atoms with E-state index in [1.807, 2.05) is 0 Å². The summed E-state index contributed by atoms with van der Waals surface area (Å²) in [6.07, 6.45) is 61.3. The highest BCUT2D eigenvalue weighted by atomic mass is 16.5. The number of carbonyl (C=O) groups is 2. The molecule has 0 spiro atoms. The van der Waals surface area contributed by atoms with E-state index >= 15 is 0 Å². The van der Waals surface area contributed by atoms with Gasteiger partial charge in [0.2, 0.25) is 5.91 Å². The number of allylic oxidation sites excluding steroid dienone is 2. The van der Waals surface area contributed by atoms with E-state index in [1.54, 1.807) is 0 Å². The minimum atomic E-state index is -0.787. The molecule has 65 heavy (non-hydrogen) atoms. The second kappa shape index (κ2) is 53.6. The molecule has 0 radical (unpaired) electrons. The van der Waals surface area contributed by atoms with Crippen molar-refractivity contribution >= 4 is 11.9 Å². The Morgan fingerprint density at radius 2 is 0.738 bits per heavy atom. The number of aliphatic hydroxyl groups is 2. The van der Waals surface area contributed by atoms with Gasteiger partial charge in [0.1, 0.15) is 6.10 Å². The molecule has 0 aromatic carbocycles. The van der Waals surface area contributed by atoms with Gasteiger partial charge in [0, 0.05) is 6.42 Å². The third kappa shape index (κ3) is 48.9. The van der Waals surface area contributed by atoms with Crippen molar-refractivity contribution in [1.29, 1.82) is 0 Å². The summed E-state index contributed by atoms with van der Waals surface area (Å²) >= 11 is 0. The molecule has 1 amide bonds. The normalized spacial score (nSPS) is 13.1. The molecule has 3 unspecified atom stereocenters. The van der Waals surface area contributed by atoms with Crippen molar-refractivity contribution in [1.82, 2.24) is 5.32 Å². The lowest BCUT2D eigenvalue weighted by Gasteiger charge is -2.24. The van der Waals surface area contributed by atoms with E-state index in [9.17, 15) is 19.8 Å². The van der Waals surface area contributed by atoms with E-state index in [4.69, 9.17) is 4.74 Å². The van der Waals surface area contributed by atoms with Gasteiger partial charge in [-0.05, 0) is 51.4 Å². The molecule has 0 aromatic rings. The lowest BCUT2D eigenvalue weighted by molar-refractivity contribution is -0.151. The molecule has 0 aliphatic rings. The smallest absolute Gasteiger partial charge is 0.306 e. The van der Waals surface area contributed by atoms with Crippen LogP contribution in [-0.2, 0) is 14.3 Å². The second-order valence-corrected chi connectivity index (χ2v) is 20.4. The fourth-order valence-corrected chi connectivity index (χ4v) is 9.37. The molecule has 0 saturated heterocycles. The maximum absolute atomic E-state index is 13.3.